The quantitative estimate of drug-likeness (QED) is 0.217. The molecule has 0 aliphatic carbocycles. The molecule has 0 aliphatic rings. The van der Waals surface area contributed by atoms with E-state index >= 15 is 0 Å². The standard InChI is InChI=1S/C28H39N5O7/c1-17(2)39-23(20-13-11-12-14-22(20)38-10)16-32-15-21(19(5)30-40-18(3)4)25(35)33(27(32)37)31(9)26(36)24(34)29-28(6,7)8/h11-18H,1-10H3,(H,29,34)/b23-16-,30-19+. The van der Waals surface area contributed by atoms with Crippen molar-refractivity contribution in [3.8, 4) is 5.75 Å². The minimum Gasteiger partial charge on any atom is -0.496 e. The number of methoxy groups -OCH3 is 1. The fourth-order valence-electron chi connectivity index (χ4n) is 3.42. The number of aromatic nitrogens is 2. The molecule has 0 fully saturated rings. The van der Waals surface area contributed by atoms with Crippen LogP contribution in [0.4, 0.5) is 0 Å². The van der Waals surface area contributed by atoms with Crippen molar-refractivity contribution in [3.63, 3.8) is 0 Å². The summed E-state index contributed by atoms with van der Waals surface area (Å²) < 4.78 is 13.2. The zero-order valence-corrected chi connectivity index (χ0v) is 24.8. The summed E-state index contributed by atoms with van der Waals surface area (Å²) in [5, 5.41) is 7.21. The molecule has 0 bridgehead atoms. The summed E-state index contributed by atoms with van der Waals surface area (Å²) in [7, 11) is 2.67. The summed E-state index contributed by atoms with van der Waals surface area (Å²) in [6, 6.07) is 7.06. The Morgan fingerprint density at radius 1 is 1.05 bits per heavy atom. The molecule has 0 atom stereocenters. The second-order valence-electron chi connectivity index (χ2n) is 10.6. The van der Waals surface area contributed by atoms with Gasteiger partial charge in [0.15, 0.2) is 0 Å². The number of nitrogens with one attached hydrogen (secondary N) is 1. The number of carbonyl (C=O) groups is 2. The Balaban J connectivity index is 2.88. The first-order valence-electron chi connectivity index (χ1n) is 12.8. The number of likely N-dealkylation sites (N-methyl/N-ethyl adjacent to an activating group) is 1. The molecule has 2 rings (SSSR count). The van der Waals surface area contributed by atoms with Crippen LogP contribution in [-0.2, 0) is 19.2 Å². The molecule has 12 nitrogen and oxygen atoms in total. The van der Waals surface area contributed by atoms with Gasteiger partial charge in [0.05, 0.1) is 36.3 Å². The highest BCUT2D eigenvalue weighted by atomic mass is 16.6. The van der Waals surface area contributed by atoms with Crippen LogP contribution in [0.25, 0.3) is 12.0 Å². The number of amides is 2. The lowest BCUT2D eigenvalue weighted by Crippen LogP contribution is -2.58. The van der Waals surface area contributed by atoms with Gasteiger partial charge in [-0.25, -0.2) is 9.80 Å². The van der Waals surface area contributed by atoms with Gasteiger partial charge in [0.2, 0.25) is 0 Å². The molecule has 2 aromatic rings. The number of para-hydroxylation sites is 1. The molecule has 12 heteroatoms. The van der Waals surface area contributed by atoms with Gasteiger partial charge in [0, 0.05) is 18.8 Å². The average molecular weight is 558 g/mol. The number of rotatable bonds is 9. The summed E-state index contributed by atoms with van der Waals surface area (Å²) >= 11 is 0. The molecule has 0 aliphatic heterocycles. The van der Waals surface area contributed by atoms with E-state index in [2.05, 4.69) is 10.5 Å². The highest BCUT2D eigenvalue weighted by Gasteiger charge is 2.28. The van der Waals surface area contributed by atoms with Gasteiger partial charge in [-0.2, -0.15) is 4.68 Å². The first kappa shape index (κ1) is 31.9. The van der Waals surface area contributed by atoms with E-state index in [1.54, 1.807) is 58.9 Å². The van der Waals surface area contributed by atoms with E-state index in [-0.39, 0.29) is 29.2 Å². The third-order valence-corrected chi connectivity index (χ3v) is 5.15. The zero-order chi connectivity index (χ0) is 30.4. The third kappa shape index (κ3) is 8.08. The number of hydrogen-bond acceptors (Lipinski definition) is 8. The van der Waals surface area contributed by atoms with Crippen molar-refractivity contribution in [1.82, 2.24) is 14.6 Å². The molecule has 1 aromatic heterocycles. The third-order valence-electron chi connectivity index (χ3n) is 5.15. The van der Waals surface area contributed by atoms with Crippen LogP contribution < -0.4 is 26.3 Å². The summed E-state index contributed by atoms with van der Waals surface area (Å²) in [5.74, 6) is -1.35. The molecule has 0 saturated carbocycles. The van der Waals surface area contributed by atoms with Crippen molar-refractivity contribution < 1.29 is 23.9 Å². The lowest BCUT2D eigenvalue weighted by molar-refractivity contribution is -0.139. The Labute approximate surface area is 233 Å². The predicted molar refractivity (Wildman–Crippen MR) is 154 cm³/mol. The Hall–Kier alpha value is -4.35. The Kier molecular flexibility index (Phi) is 10.5. The minimum absolute atomic E-state index is 0.0451. The van der Waals surface area contributed by atoms with Crippen LogP contribution in [0.15, 0.2) is 45.2 Å². The van der Waals surface area contributed by atoms with Crippen LogP contribution in [-0.4, -0.2) is 58.7 Å². The molecule has 1 N–H and O–H groups in total. The minimum atomic E-state index is -1.11. The SMILES string of the molecule is COc1ccccc1/C(=C/n1cc(/C(C)=N/OC(C)C)c(=O)n(N(C)C(=O)C(=O)NC(C)(C)C)c1=O)OC(C)C. The maximum atomic E-state index is 13.7. The van der Waals surface area contributed by atoms with Gasteiger partial charge >= 0.3 is 17.5 Å². The van der Waals surface area contributed by atoms with Crippen molar-refractivity contribution in [2.75, 3.05) is 19.2 Å². The second-order valence-corrected chi connectivity index (χ2v) is 10.6. The van der Waals surface area contributed by atoms with Crippen molar-refractivity contribution in [3.05, 3.63) is 62.4 Å². The molecule has 0 radical (unpaired) electrons. The van der Waals surface area contributed by atoms with E-state index in [1.165, 1.54) is 26.4 Å². The number of nitrogens with zero attached hydrogens (tertiary/aromatic N) is 4. The molecule has 0 saturated heterocycles. The van der Waals surface area contributed by atoms with Crippen LogP contribution in [0, 0.1) is 0 Å². The smallest absolute Gasteiger partial charge is 0.354 e. The highest BCUT2D eigenvalue weighted by molar-refractivity contribution is 6.38. The molecular formula is C28H39N5O7. The molecule has 1 aromatic carbocycles. The molecule has 0 unspecified atom stereocenters. The zero-order valence-electron chi connectivity index (χ0n) is 24.8. The molecule has 40 heavy (non-hydrogen) atoms. The van der Waals surface area contributed by atoms with Gasteiger partial charge in [-0.3, -0.25) is 19.0 Å². The van der Waals surface area contributed by atoms with Gasteiger partial charge < -0.3 is 19.6 Å². The Bertz CT molecular complexity index is 1410. The van der Waals surface area contributed by atoms with E-state index in [4.69, 9.17) is 14.3 Å². The van der Waals surface area contributed by atoms with E-state index in [9.17, 15) is 19.2 Å². The molecule has 1 heterocycles. The van der Waals surface area contributed by atoms with E-state index in [0.717, 1.165) is 11.6 Å². The van der Waals surface area contributed by atoms with Gasteiger partial charge in [-0.05, 0) is 67.5 Å². The first-order valence-corrected chi connectivity index (χ1v) is 12.8. The van der Waals surface area contributed by atoms with Gasteiger partial charge in [-0.1, -0.05) is 17.3 Å². The van der Waals surface area contributed by atoms with Crippen molar-refractivity contribution in [1.29, 1.82) is 0 Å². The number of benzene rings is 1. The maximum absolute atomic E-state index is 13.7. The van der Waals surface area contributed by atoms with Crippen LogP contribution in [0.5, 0.6) is 5.75 Å². The Morgan fingerprint density at radius 3 is 2.23 bits per heavy atom. The number of carbonyl (C=O) groups excluding carboxylic acids is 2. The average Bonchev–Trinajstić information content (AvgIpc) is 2.86. The maximum Gasteiger partial charge on any atom is 0.354 e. The summed E-state index contributed by atoms with van der Waals surface area (Å²) in [4.78, 5) is 58.1. The normalized spacial score (nSPS) is 12.4. The van der Waals surface area contributed by atoms with E-state index in [1.807, 2.05) is 13.8 Å². The summed E-state index contributed by atoms with van der Waals surface area (Å²) in [5.41, 5.74) is -1.86. The number of ether oxygens (including phenoxy) is 2. The summed E-state index contributed by atoms with van der Waals surface area (Å²) in [6.07, 6.45) is 2.09. The highest BCUT2D eigenvalue weighted by Crippen LogP contribution is 2.28. The fourth-order valence-corrected chi connectivity index (χ4v) is 3.42. The first-order chi connectivity index (χ1) is 18.6. The van der Waals surface area contributed by atoms with Crippen LogP contribution in [0.1, 0.15) is 66.5 Å². The lowest BCUT2D eigenvalue weighted by Gasteiger charge is -2.24. The topological polar surface area (TPSA) is 133 Å². The van der Waals surface area contributed by atoms with Crippen LogP contribution >= 0.6 is 0 Å². The van der Waals surface area contributed by atoms with Crippen molar-refractivity contribution >= 4 is 29.5 Å². The van der Waals surface area contributed by atoms with E-state index in [0.29, 0.717) is 21.0 Å². The molecular weight excluding hydrogens is 518 g/mol. The van der Waals surface area contributed by atoms with Gasteiger partial charge in [0.25, 0.3) is 5.56 Å². The molecule has 218 valence electrons. The summed E-state index contributed by atoms with van der Waals surface area (Å²) in [6.45, 7) is 13.8. The predicted octanol–water partition coefficient (Wildman–Crippen LogP) is 2.56. The molecule has 2 amide bonds. The van der Waals surface area contributed by atoms with Crippen molar-refractivity contribution in [2.45, 2.75) is 73.1 Å². The van der Waals surface area contributed by atoms with Gasteiger partial charge in [0.1, 0.15) is 17.6 Å². The monoisotopic (exact) mass is 557 g/mol. The second kappa shape index (κ2) is 13.1. The van der Waals surface area contributed by atoms with Crippen LogP contribution in [0.3, 0.4) is 0 Å². The molecule has 0 spiro atoms. The number of hydrogen-bond donors (Lipinski definition) is 1. The Morgan fingerprint density at radius 2 is 1.68 bits per heavy atom. The number of oxime groups is 1. The fraction of sp³-hybridized carbons (Fsp3) is 0.464. The van der Waals surface area contributed by atoms with E-state index < -0.39 is 28.6 Å². The van der Waals surface area contributed by atoms with Crippen LogP contribution in [0.2, 0.25) is 0 Å². The largest absolute Gasteiger partial charge is 0.496 e. The lowest BCUT2D eigenvalue weighted by atomic mass is 10.1. The van der Waals surface area contributed by atoms with Gasteiger partial charge in [-0.15, -0.1) is 0 Å². The van der Waals surface area contributed by atoms with Crippen molar-refractivity contribution in [2.24, 2.45) is 5.16 Å².